The van der Waals surface area contributed by atoms with E-state index in [2.05, 4.69) is 14.7 Å². The lowest BCUT2D eigenvalue weighted by atomic mass is 10.0. The number of rotatable bonds is 2. The van der Waals surface area contributed by atoms with Crippen LogP contribution in [0.15, 0.2) is 23.0 Å². The van der Waals surface area contributed by atoms with Gasteiger partial charge in [-0.05, 0) is 32.0 Å². The zero-order valence-corrected chi connectivity index (χ0v) is 11.3. The van der Waals surface area contributed by atoms with E-state index >= 15 is 0 Å². The van der Waals surface area contributed by atoms with Crippen molar-refractivity contribution >= 4 is 5.97 Å². The SMILES string of the molecule is COC(=O)c1cc(F)cc(-c2nc(C)[nH]c(=O)c2C)c1. The Labute approximate surface area is 114 Å². The van der Waals surface area contributed by atoms with Gasteiger partial charge in [-0.3, -0.25) is 4.79 Å². The third-order valence-corrected chi connectivity index (χ3v) is 2.86. The van der Waals surface area contributed by atoms with Gasteiger partial charge in [0.05, 0.1) is 18.4 Å². The molecule has 0 saturated heterocycles. The molecule has 0 fully saturated rings. The van der Waals surface area contributed by atoms with E-state index in [-0.39, 0.29) is 11.1 Å². The van der Waals surface area contributed by atoms with Gasteiger partial charge in [-0.25, -0.2) is 14.2 Å². The molecule has 0 aliphatic carbocycles. The fourth-order valence-corrected chi connectivity index (χ4v) is 1.89. The topological polar surface area (TPSA) is 72.0 Å². The van der Waals surface area contributed by atoms with E-state index in [1.807, 2.05) is 0 Å². The molecule has 6 heteroatoms. The van der Waals surface area contributed by atoms with E-state index in [9.17, 15) is 14.0 Å². The van der Waals surface area contributed by atoms with Crippen molar-refractivity contribution in [1.29, 1.82) is 0 Å². The van der Waals surface area contributed by atoms with Gasteiger partial charge in [0.2, 0.25) is 0 Å². The number of hydrogen-bond acceptors (Lipinski definition) is 4. The van der Waals surface area contributed by atoms with Gasteiger partial charge in [0, 0.05) is 11.1 Å². The Morgan fingerprint density at radius 3 is 2.65 bits per heavy atom. The summed E-state index contributed by atoms with van der Waals surface area (Å²) in [6.45, 7) is 3.22. The van der Waals surface area contributed by atoms with Crippen LogP contribution >= 0.6 is 0 Å². The maximum atomic E-state index is 13.6. The van der Waals surface area contributed by atoms with Crippen LogP contribution in [-0.2, 0) is 4.74 Å². The van der Waals surface area contributed by atoms with Gasteiger partial charge < -0.3 is 9.72 Å². The van der Waals surface area contributed by atoms with Crippen molar-refractivity contribution in [3.63, 3.8) is 0 Å². The minimum absolute atomic E-state index is 0.0710. The number of benzene rings is 1. The van der Waals surface area contributed by atoms with Gasteiger partial charge in [-0.1, -0.05) is 0 Å². The molecule has 0 bridgehead atoms. The van der Waals surface area contributed by atoms with Crippen LogP contribution in [0.4, 0.5) is 4.39 Å². The first-order chi connectivity index (χ1) is 9.42. The second-order valence-electron chi connectivity index (χ2n) is 4.35. The number of hydrogen-bond donors (Lipinski definition) is 1. The predicted octanol–water partition coefficient (Wildman–Crippen LogP) is 1.98. The van der Waals surface area contributed by atoms with Crippen LogP contribution < -0.4 is 5.56 Å². The molecule has 0 unspecified atom stereocenters. The van der Waals surface area contributed by atoms with Gasteiger partial charge >= 0.3 is 5.97 Å². The summed E-state index contributed by atoms with van der Waals surface area (Å²) in [6.07, 6.45) is 0. The highest BCUT2D eigenvalue weighted by atomic mass is 19.1. The molecule has 5 nitrogen and oxygen atoms in total. The summed E-state index contributed by atoms with van der Waals surface area (Å²) in [7, 11) is 1.22. The number of ether oxygens (including phenoxy) is 1. The van der Waals surface area contributed by atoms with Gasteiger partial charge in [-0.15, -0.1) is 0 Å². The van der Waals surface area contributed by atoms with Crippen LogP contribution in [0.5, 0.6) is 0 Å². The van der Waals surface area contributed by atoms with Crippen molar-refractivity contribution in [2.45, 2.75) is 13.8 Å². The Morgan fingerprint density at radius 2 is 2.00 bits per heavy atom. The van der Waals surface area contributed by atoms with Gasteiger partial charge in [0.1, 0.15) is 11.6 Å². The first kappa shape index (κ1) is 13.9. The number of nitrogens with one attached hydrogen (secondary N) is 1. The lowest BCUT2D eigenvalue weighted by molar-refractivity contribution is 0.0600. The molecule has 0 spiro atoms. The quantitative estimate of drug-likeness (QED) is 0.851. The highest BCUT2D eigenvalue weighted by Gasteiger charge is 2.14. The Morgan fingerprint density at radius 1 is 1.30 bits per heavy atom. The summed E-state index contributed by atoms with van der Waals surface area (Å²) < 4.78 is 18.2. The lowest BCUT2D eigenvalue weighted by Crippen LogP contribution is -2.14. The zero-order chi connectivity index (χ0) is 14.9. The molecular weight excluding hydrogens is 263 g/mol. The molecule has 1 aromatic carbocycles. The van der Waals surface area contributed by atoms with Crippen LogP contribution in [0.1, 0.15) is 21.7 Å². The number of aromatic amines is 1. The minimum Gasteiger partial charge on any atom is -0.465 e. The molecule has 0 atom stereocenters. The Balaban J connectivity index is 2.67. The van der Waals surface area contributed by atoms with Gasteiger partial charge in [-0.2, -0.15) is 0 Å². The summed E-state index contributed by atoms with van der Waals surface area (Å²) in [5.74, 6) is -0.827. The van der Waals surface area contributed by atoms with Crippen LogP contribution in [0, 0.1) is 19.7 Å². The lowest BCUT2D eigenvalue weighted by Gasteiger charge is -2.08. The van der Waals surface area contributed by atoms with Gasteiger partial charge in [0.15, 0.2) is 0 Å². The molecule has 0 aliphatic rings. The highest BCUT2D eigenvalue weighted by Crippen LogP contribution is 2.22. The zero-order valence-electron chi connectivity index (χ0n) is 11.3. The summed E-state index contributed by atoms with van der Waals surface area (Å²) in [5, 5.41) is 0. The van der Waals surface area contributed by atoms with Crippen LogP contribution in [0.3, 0.4) is 0 Å². The molecular formula is C14H13FN2O3. The van der Waals surface area contributed by atoms with E-state index in [1.165, 1.54) is 19.2 Å². The van der Waals surface area contributed by atoms with Crippen molar-refractivity contribution in [3.8, 4) is 11.3 Å². The molecule has 0 radical (unpaired) electrons. The molecule has 0 saturated carbocycles. The molecule has 1 N–H and O–H groups in total. The van der Waals surface area contributed by atoms with Gasteiger partial charge in [0.25, 0.3) is 5.56 Å². The first-order valence-corrected chi connectivity index (χ1v) is 5.89. The summed E-state index contributed by atoms with van der Waals surface area (Å²) in [5.41, 5.74) is 0.836. The third-order valence-electron chi connectivity index (χ3n) is 2.86. The molecule has 0 amide bonds. The maximum Gasteiger partial charge on any atom is 0.337 e. The largest absolute Gasteiger partial charge is 0.465 e. The smallest absolute Gasteiger partial charge is 0.337 e. The molecule has 2 rings (SSSR count). The highest BCUT2D eigenvalue weighted by molar-refractivity contribution is 5.91. The standard InChI is InChI=1S/C14H13FN2O3/c1-7-12(16-8(2)17-13(7)18)9-4-10(14(19)20-3)6-11(15)5-9/h4-6H,1-3H3,(H,16,17,18). The van der Waals surface area contributed by atoms with Crippen molar-refractivity contribution in [2.24, 2.45) is 0 Å². The molecule has 104 valence electrons. The third kappa shape index (κ3) is 2.59. The molecule has 1 heterocycles. The summed E-state index contributed by atoms with van der Waals surface area (Å²) >= 11 is 0. The fraction of sp³-hybridized carbons (Fsp3) is 0.214. The number of aromatic nitrogens is 2. The number of carbonyl (C=O) groups excluding carboxylic acids is 1. The fourth-order valence-electron chi connectivity index (χ4n) is 1.89. The molecule has 0 aliphatic heterocycles. The molecule has 1 aromatic heterocycles. The Kier molecular flexibility index (Phi) is 3.65. The van der Waals surface area contributed by atoms with Crippen molar-refractivity contribution in [3.05, 3.63) is 51.3 Å². The number of carbonyl (C=O) groups is 1. The number of H-pyrrole nitrogens is 1. The Bertz CT molecular complexity index is 738. The van der Waals surface area contributed by atoms with Crippen LogP contribution in [-0.4, -0.2) is 23.0 Å². The molecule has 20 heavy (non-hydrogen) atoms. The van der Waals surface area contributed by atoms with Crippen molar-refractivity contribution in [2.75, 3.05) is 7.11 Å². The van der Waals surface area contributed by atoms with E-state index < -0.39 is 11.8 Å². The molecule has 2 aromatic rings. The van der Waals surface area contributed by atoms with Crippen molar-refractivity contribution < 1.29 is 13.9 Å². The second kappa shape index (κ2) is 5.24. The number of esters is 1. The number of nitrogens with zero attached hydrogens (tertiary/aromatic N) is 1. The van der Waals surface area contributed by atoms with E-state index in [1.54, 1.807) is 13.8 Å². The number of aryl methyl sites for hydroxylation is 1. The normalized spacial score (nSPS) is 10.4. The average Bonchev–Trinajstić information content (AvgIpc) is 2.41. The van der Waals surface area contributed by atoms with Crippen LogP contribution in [0.2, 0.25) is 0 Å². The summed E-state index contributed by atoms with van der Waals surface area (Å²) in [6, 6.07) is 3.74. The van der Waals surface area contributed by atoms with Crippen LogP contribution in [0.25, 0.3) is 11.3 Å². The maximum absolute atomic E-state index is 13.6. The first-order valence-electron chi connectivity index (χ1n) is 5.89. The van der Waals surface area contributed by atoms with E-state index in [4.69, 9.17) is 0 Å². The van der Waals surface area contributed by atoms with Crippen molar-refractivity contribution in [1.82, 2.24) is 9.97 Å². The average molecular weight is 276 g/mol. The predicted molar refractivity (Wildman–Crippen MR) is 71.1 cm³/mol. The number of halogens is 1. The minimum atomic E-state index is -0.648. The monoisotopic (exact) mass is 276 g/mol. The van der Waals surface area contributed by atoms with E-state index in [0.29, 0.717) is 22.6 Å². The number of methoxy groups -OCH3 is 1. The van der Waals surface area contributed by atoms with E-state index in [0.717, 1.165) is 6.07 Å². The summed E-state index contributed by atoms with van der Waals surface area (Å²) in [4.78, 5) is 30.0. The Hall–Kier alpha value is -2.50. The second-order valence-corrected chi connectivity index (χ2v) is 4.35.